The number of likely N-dealkylation sites (N-methyl/N-ethyl adjacent to an activating group) is 1. The predicted octanol–water partition coefficient (Wildman–Crippen LogP) is 4.39. The van der Waals surface area contributed by atoms with Gasteiger partial charge in [-0.05, 0) is 31.0 Å². The highest BCUT2D eigenvalue weighted by molar-refractivity contribution is 7.22. The lowest BCUT2D eigenvalue weighted by atomic mass is 9.97. The normalized spacial score (nSPS) is 11.9. The Morgan fingerprint density at radius 3 is 2.44 bits per heavy atom. The molecule has 0 fully saturated rings. The van der Waals surface area contributed by atoms with Gasteiger partial charge in [0.05, 0.1) is 16.1 Å². The number of thiazole rings is 1. The minimum absolute atomic E-state index is 0.271. The van der Waals surface area contributed by atoms with Crippen LogP contribution in [-0.2, 0) is 14.3 Å². The van der Waals surface area contributed by atoms with E-state index in [1.165, 1.54) is 11.3 Å². The number of ether oxygens (including phenoxy) is 1. The van der Waals surface area contributed by atoms with Crippen LogP contribution in [0.5, 0.6) is 0 Å². The van der Waals surface area contributed by atoms with Crippen LogP contribution in [0.1, 0.15) is 31.7 Å². The van der Waals surface area contributed by atoms with Crippen LogP contribution in [0.25, 0.3) is 10.2 Å². The van der Waals surface area contributed by atoms with E-state index in [-0.39, 0.29) is 24.4 Å². The number of rotatable bonds is 7. The molecule has 2 aromatic carbocycles. The van der Waals surface area contributed by atoms with Gasteiger partial charge in [0.2, 0.25) is 0 Å². The number of esters is 1. The number of anilines is 1. The Labute approximate surface area is 162 Å². The van der Waals surface area contributed by atoms with Gasteiger partial charge in [0.15, 0.2) is 11.7 Å². The molecule has 0 saturated heterocycles. The van der Waals surface area contributed by atoms with E-state index in [0.29, 0.717) is 18.1 Å². The summed E-state index contributed by atoms with van der Waals surface area (Å²) in [6.45, 7) is 3.99. The minimum Gasteiger partial charge on any atom is -0.455 e. The van der Waals surface area contributed by atoms with Gasteiger partial charge in [-0.3, -0.25) is 14.5 Å². The molecular weight excluding hydrogens is 360 g/mol. The zero-order valence-electron chi connectivity index (χ0n) is 15.4. The monoisotopic (exact) mass is 382 g/mol. The fourth-order valence-corrected chi connectivity index (χ4v) is 3.98. The van der Waals surface area contributed by atoms with E-state index in [4.69, 9.17) is 4.74 Å². The molecule has 3 rings (SSSR count). The third kappa shape index (κ3) is 4.34. The van der Waals surface area contributed by atoms with E-state index in [2.05, 4.69) is 4.98 Å². The van der Waals surface area contributed by atoms with E-state index in [0.717, 1.165) is 15.8 Å². The van der Waals surface area contributed by atoms with Crippen LogP contribution in [-0.4, -0.2) is 30.0 Å². The molecule has 0 aliphatic rings. The first-order chi connectivity index (χ1) is 13.1. The van der Waals surface area contributed by atoms with Crippen LogP contribution in [0.2, 0.25) is 0 Å². The van der Waals surface area contributed by atoms with Crippen molar-refractivity contribution in [3.05, 3.63) is 60.2 Å². The number of hydrogen-bond donors (Lipinski definition) is 0. The lowest BCUT2D eigenvalue weighted by molar-refractivity contribution is -0.149. The Morgan fingerprint density at radius 1 is 1.07 bits per heavy atom. The first-order valence-corrected chi connectivity index (χ1v) is 9.83. The number of fused-ring (bicyclic) bond motifs is 1. The first kappa shape index (κ1) is 19.0. The second-order valence-corrected chi connectivity index (χ2v) is 7.09. The van der Waals surface area contributed by atoms with Gasteiger partial charge in [0, 0.05) is 6.54 Å². The van der Waals surface area contributed by atoms with Crippen LogP contribution in [0.15, 0.2) is 54.6 Å². The summed E-state index contributed by atoms with van der Waals surface area (Å²) in [6.07, 6.45) is 0.617. The maximum atomic E-state index is 12.6. The maximum Gasteiger partial charge on any atom is 0.313 e. The lowest BCUT2D eigenvalue weighted by Crippen LogP contribution is -2.35. The van der Waals surface area contributed by atoms with E-state index in [9.17, 15) is 9.59 Å². The molecule has 0 aliphatic carbocycles. The fourth-order valence-electron chi connectivity index (χ4n) is 2.93. The summed E-state index contributed by atoms with van der Waals surface area (Å²) in [6, 6.07) is 17.2. The van der Waals surface area contributed by atoms with Crippen molar-refractivity contribution in [2.75, 3.05) is 18.1 Å². The molecule has 0 saturated carbocycles. The molecule has 0 N–H and O–H groups in total. The van der Waals surface area contributed by atoms with Crippen molar-refractivity contribution in [2.45, 2.75) is 26.2 Å². The highest BCUT2D eigenvalue weighted by atomic mass is 32.1. The number of benzene rings is 2. The summed E-state index contributed by atoms with van der Waals surface area (Å²) in [5, 5.41) is 0.620. The van der Waals surface area contributed by atoms with Gasteiger partial charge in [0.1, 0.15) is 0 Å². The third-order valence-corrected chi connectivity index (χ3v) is 5.42. The molecule has 1 amide bonds. The van der Waals surface area contributed by atoms with Crippen LogP contribution >= 0.6 is 11.3 Å². The zero-order valence-corrected chi connectivity index (χ0v) is 16.2. The third-order valence-electron chi connectivity index (χ3n) is 4.36. The van der Waals surface area contributed by atoms with Crippen LogP contribution in [0.3, 0.4) is 0 Å². The van der Waals surface area contributed by atoms with Crippen molar-refractivity contribution < 1.29 is 14.3 Å². The van der Waals surface area contributed by atoms with Gasteiger partial charge in [-0.25, -0.2) is 4.98 Å². The molecular formula is C21H22N2O3S. The minimum atomic E-state index is -0.377. The number of carbonyl (C=O) groups is 2. The highest BCUT2D eigenvalue weighted by Crippen LogP contribution is 2.28. The Bertz CT molecular complexity index is 890. The van der Waals surface area contributed by atoms with E-state index >= 15 is 0 Å². The van der Waals surface area contributed by atoms with Crippen molar-refractivity contribution in [1.29, 1.82) is 0 Å². The Kier molecular flexibility index (Phi) is 6.19. The van der Waals surface area contributed by atoms with E-state index < -0.39 is 0 Å². The summed E-state index contributed by atoms with van der Waals surface area (Å²) in [7, 11) is 0. The summed E-state index contributed by atoms with van der Waals surface area (Å²) in [4.78, 5) is 31.2. The summed E-state index contributed by atoms with van der Waals surface area (Å²) in [5.74, 6) is -1.01. The highest BCUT2D eigenvalue weighted by Gasteiger charge is 2.23. The SMILES string of the molecule is CCC(C(=O)OCC(=O)N(CC)c1nc2ccccc2s1)c1ccccc1. The Hall–Kier alpha value is -2.73. The average Bonchev–Trinajstić information content (AvgIpc) is 3.12. The Balaban J connectivity index is 1.67. The summed E-state index contributed by atoms with van der Waals surface area (Å²) >= 11 is 1.45. The molecule has 1 aromatic heterocycles. The first-order valence-electron chi connectivity index (χ1n) is 9.01. The van der Waals surface area contributed by atoms with Crippen molar-refractivity contribution in [3.8, 4) is 0 Å². The van der Waals surface area contributed by atoms with Crippen molar-refractivity contribution >= 4 is 38.6 Å². The maximum absolute atomic E-state index is 12.6. The standard InChI is InChI=1S/C21H22N2O3S/c1-3-16(15-10-6-5-7-11-15)20(25)26-14-19(24)23(4-2)21-22-17-12-8-9-13-18(17)27-21/h5-13,16H,3-4,14H2,1-2H3. The van der Waals surface area contributed by atoms with Crippen LogP contribution < -0.4 is 4.90 Å². The van der Waals surface area contributed by atoms with E-state index in [1.807, 2.05) is 68.4 Å². The van der Waals surface area contributed by atoms with Gasteiger partial charge in [-0.2, -0.15) is 0 Å². The van der Waals surface area contributed by atoms with Crippen molar-refractivity contribution in [2.24, 2.45) is 0 Å². The number of nitrogens with zero attached hydrogens (tertiary/aromatic N) is 2. The predicted molar refractivity (Wildman–Crippen MR) is 108 cm³/mol. The molecule has 0 spiro atoms. The van der Waals surface area contributed by atoms with Gasteiger partial charge < -0.3 is 4.74 Å². The molecule has 0 bridgehead atoms. The van der Waals surface area contributed by atoms with Gasteiger partial charge in [0.25, 0.3) is 5.91 Å². The largest absolute Gasteiger partial charge is 0.455 e. The molecule has 5 nitrogen and oxygen atoms in total. The lowest BCUT2D eigenvalue weighted by Gasteiger charge is -2.19. The smallest absolute Gasteiger partial charge is 0.313 e. The number of amides is 1. The zero-order chi connectivity index (χ0) is 19.2. The van der Waals surface area contributed by atoms with E-state index in [1.54, 1.807) is 4.90 Å². The fraction of sp³-hybridized carbons (Fsp3) is 0.286. The number of para-hydroxylation sites is 1. The number of aromatic nitrogens is 1. The molecule has 3 aromatic rings. The summed E-state index contributed by atoms with van der Waals surface area (Å²) < 4.78 is 6.36. The molecule has 0 radical (unpaired) electrons. The second-order valence-electron chi connectivity index (χ2n) is 6.08. The molecule has 140 valence electrons. The van der Waals surface area contributed by atoms with Crippen LogP contribution in [0, 0.1) is 0 Å². The second kappa shape index (κ2) is 8.77. The van der Waals surface area contributed by atoms with Crippen molar-refractivity contribution in [3.63, 3.8) is 0 Å². The van der Waals surface area contributed by atoms with Gasteiger partial charge in [-0.15, -0.1) is 0 Å². The van der Waals surface area contributed by atoms with Gasteiger partial charge >= 0.3 is 5.97 Å². The topological polar surface area (TPSA) is 59.5 Å². The summed E-state index contributed by atoms with van der Waals surface area (Å²) in [5.41, 5.74) is 1.76. The molecule has 6 heteroatoms. The van der Waals surface area contributed by atoms with Crippen molar-refractivity contribution in [1.82, 2.24) is 4.98 Å². The number of hydrogen-bond acceptors (Lipinski definition) is 5. The van der Waals surface area contributed by atoms with Gasteiger partial charge in [-0.1, -0.05) is 60.7 Å². The quantitative estimate of drug-likeness (QED) is 0.569. The molecule has 1 atom stereocenters. The Morgan fingerprint density at radius 2 is 1.78 bits per heavy atom. The molecule has 1 unspecified atom stereocenters. The van der Waals surface area contributed by atoms with Crippen LogP contribution in [0.4, 0.5) is 5.13 Å². The molecule has 0 aliphatic heterocycles. The number of carbonyl (C=O) groups excluding carboxylic acids is 2. The molecule has 1 heterocycles. The average molecular weight is 382 g/mol. The molecule has 27 heavy (non-hydrogen) atoms.